The third-order valence-corrected chi connectivity index (χ3v) is 0.662. The van der Waals surface area contributed by atoms with Crippen molar-refractivity contribution >= 4 is 6.09 Å². The number of alkyl carbamates (subject to hydrolysis) is 1. The predicted octanol–water partition coefficient (Wildman–Crippen LogP) is 1.88. The van der Waals surface area contributed by atoms with Crippen LogP contribution >= 0.6 is 0 Å². The van der Waals surface area contributed by atoms with Crippen LogP contribution in [0.15, 0.2) is 0 Å². The number of rotatable bonds is 0. The molecular weight excluding hydrogens is 180 g/mol. The van der Waals surface area contributed by atoms with E-state index in [9.17, 15) is 4.79 Å². The minimum Gasteiger partial charge on any atom is -0.453 e. The molecule has 86 valence electrons. The fraction of sp³-hybridized carbons (Fsp3) is 0.900. The van der Waals surface area contributed by atoms with E-state index in [2.05, 4.69) is 10.1 Å². The third-order valence-electron chi connectivity index (χ3n) is 0.662. The fourth-order valence-corrected chi connectivity index (χ4v) is 0.357. The van der Waals surface area contributed by atoms with Crippen molar-refractivity contribution in [3.8, 4) is 0 Å². The van der Waals surface area contributed by atoms with Gasteiger partial charge in [0.2, 0.25) is 0 Å². The Labute approximate surface area is 87.2 Å². The summed E-state index contributed by atoms with van der Waals surface area (Å²) in [6, 6.07) is 0. The Hall–Kier alpha value is -0.770. The summed E-state index contributed by atoms with van der Waals surface area (Å²) in [5.41, 5.74) is 5.15. The highest BCUT2D eigenvalue weighted by Crippen LogP contribution is 1.97. The van der Waals surface area contributed by atoms with Gasteiger partial charge in [0.1, 0.15) is 0 Å². The van der Waals surface area contributed by atoms with Gasteiger partial charge >= 0.3 is 6.09 Å². The maximum absolute atomic E-state index is 10.5. The first-order valence-corrected chi connectivity index (χ1v) is 4.61. The van der Waals surface area contributed by atoms with Gasteiger partial charge in [0.15, 0.2) is 0 Å². The van der Waals surface area contributed by atoms with Gasteiger partial charge in [-0.05, 0) is 41.5 Å². The number of carbonyl (C=O) groups excluding carboxylic acids is 1. The summed E-state index contributed by atoms with van der Waals surface area (Å²) in [6.07, 6.45) is -0.387. The number of amides is 1. The van der Waals surface area contributed by atoms with Crippen molar-refractivity contribution < 1.29 is 9.53 Å². The van der Waals surface area contributed by atoms with Gasteiger partial charge in [0.05, 0.1) is 7.11 Å². The standard InChI is InChI=1S/C6H13NO2.C4H11N/c1-6(2,3)7-5(8)9-4;1-4(2,3)5/h1-4H3,(H,7,8);5H2,1-3H3. The van der Waals surface area contributed by atoms with Crippen LogP contribution in [-0.4, -0.2) is 24.3 Å². The van der Waals surface area contributed by atoms with Gasteiger partial charge in [-0.2, -0.15) is 0 Å². The summed E-state index contributed by atoms with van der Waals surface area (Å²) < 4.78 is 4.38. The SMILES string of the molecule is CC(C)(C)N.COC(=O)NC(C)(C)C. The quantitative estimate of drug-likeness (QED) is 0.633. The Morgan fingerprint density at radius 2 is 1.43 bits per heavy atom. The first-order chi connectivity index (χ1) is 5.95. The lowest BCUT2D eigenvalue weighted by molar-refractivity contribution is 0.161. The molecule has 0 saturated heterocycles. The zero-order chi connectivity index (χ0) is 12.0. The number of ether oxygens (including phenoxy) is 1. The molecule has 0 saturated carbocycles. The molecule has 4 heteroatoms. The normalized spacial score (nSPS) is 11.1. The second-order valence-corrected chi connectivity index (χ2v) is 5.23. The number of methoxy groups -OCH3 is 1. The highest BCUT2D eigenvalue weighted by molar-refractivity contribution is 5.67. The topological polar surface area (TPSA) is 64.3 Å². The number of nitrogens with two attached hydrogens (primary N) is 1. The second kappa shape index (κ2) is 5.86. The molecule has 14 heavy (non-hydrogen) atoms. The maximum atomic E-state index is 10.5. The van der Waals surface area contributed by atoms with Gasteiger partial charge in [-0.1, -0.05) is 0 Å². The maximum Gasteiger partial charge on any atom is 0.407 e. The molecule has 0 heterocycles. The summed E-state index contributed by atoms with van der Waals surface area (Å²) in [5.74, 6) is 0. The number of carbonyl (C=O) groups is 1. The van der Waals surface area contributed by atoms with E-state index in [1.54, 1.807) is 0 Å². The number of nitrogens with one attached hydrogen (secondary N) is 1. The average molecular weight is 204 g/mol. The highest BCUT2D eigenvalue weighted by Gasteiger charge is 2.12. The lowest BCUT2D eigenvalue weighted by Crippen LogP contribution is -2.40. The van der Waals surface area contributed by atoms with Crippen molar-refractivity contribution in [2.45, 2.75) is 52.6 Å². The van der Waals surface area contributed by atoms with Crippen molar-refractivity contribution in [2.75, 3.05) is 7.11 Å². The van der Waals surface area contributed by atoms with Crippen LogP contribution in [-0.2, 0) is 4.74 Å². The van der Waals surface area contributed by atoms with Crippen molar-refractivity contribution in [2.24, 2.45) is 5.73 Å². The summed E-state index contributed by atoms with van der Waals surface area (Å²) >= 11 is 0. The van der Waals surface area contributed by atoms with Crippen LogP contribution in [0.5, 0.6) is 0 Å². The molecule has 0 fully saturated rings. The van der Waals surface area contributed by atoms with Crippen LogP contribution in [0.2, 0.25) is 0 Å². The summed E-state index contributed by atoms with van der Waals surface area (Å²) in [7, 11) is 1.35. The van der Waals surface area contributed by atoms with Crippen molar-refractivity contribution in [1.29, 1.82) is 0 Å². The van der Waals surface area contributed by atoms with Gasteiger partial charge in [-0.25, -0.2) is 4.79 Å². The smallest absolute Gasteiger partial charge is 0.407 e. The van der Waals surface area contributed by atoms with Crippen LogP contribution in [0.1, 0.15) is 41.5 Å². The van der Waals surface area contributed by atoms with E-state index >= 15 is 0 Å². The lowest BCUT2D eigenvalue weighted by atomic mass is 10.1. The van der Waals surface area contributed by atoms with E-state index in [-0.39, 0.29) is 17.2 Å². The molecule has 3 N–H and O–H groups in total. The van der Waals surface area contributed by atoms with Gasteiger partial charge in [0.25, 0.3) is 0 Å². The largest absolute Gasteiger partial charge is 0.453 e. The zero-order valence-corrected chi connectivity index (χ0v) is 10.4. The van der Waals surface area contributed by atoms with E-state index in [1.165, 1.54) is 7.11 Å². The van der Waals surface area contributed by atoms with E-state index in [0.29, 0.717) is 0 Å². The van der Waals surface area contributed by atoms with Gasteiger partial charge in [-0.15, -0.1) is 0 Å². The Balaban J connectivity index is 0. The molecule has 0 aromatic carbocycles. The fourth-order valence-electron chi connectivity index (χ4n) is 0.357. The number of hydrogen-bond acceptors (Lipinski definition) is 3. The van der Waals surface area contributed by atoms with Gasteiger partial charge in [0, 0.05) is 11.1 Å². The molecule has 0 bridgehead atoms. The molecule has 0 unspecified atom stereocenters. The summed E-state index contributed by atoms with van der Waals surface area (Å²) in [6.45, 7) is 11.6. The van der Waals surface area contributed by atoms with Crippen LogP contribution < -0.4 is 11.1 Å². The van der Waals surface area contributed by atoms with E-state index in [0.717, 1.165) is 0 Å². The molecular formula is C10H24N2O2. The molecule has 0 aliphatic carbocycles. The minimum absolute atomic E-state index is 0. The van der Waals surface area contributed by atoms with Gasteiger partial charge in [-0.3, -0.25) is 0 Å². The Morgan fingerprint density at radius 1 is 1.14 bits per heavy atom. The van der Waals surface area contributed by atoms with Crippen molar-refractivity contribution in [1.82, 2.24) is 5.32 Å². The Bertz CT molecular complexity index is 160. The summed E-state index contributed by atoms with van der Waals surface area (Å²) in [5, 5.41) is 2.61. The minimum atomic E-state index is -0.387. The molecule has 0 aliphatic heterocycles. The van der Waals surface area contributed by atoms with Crippen molar-refractivity contribution in [3.05, 3.63) is 0 Å². The number of hydrogen-bond donors (Lipinski definition) is 2. The first kappa shape index (κ1) is 15.7. The molecule has 0 radical (unpaired) electrons. The van der Waals surface area contributed by atoms with Crippen LogP contribution in [0.3, 0.4) is 0 Å². The highest BCUT2D eigenvalue weighted by atomic mass is 16.5. The Kier molecular flexibility index (Phi) is 6.56. The molecule has 1 amide bonds. The monoisotopic (exact) mass is 204 g/mol. The van der Waals surface area contributed by atoms with Crippen LogP contribution in [0, 0.1) is 0 Å². The molecule has 4 nitrogen and oxygen atoms in total. The Morgan fingerprint density at radius 3 is 1.50 bits per heavy atom. The molecule has 0 aromatic rings. The first-order valence-electron chi connectivity index (χ1n) is 4.61. The molecule has 0 aromatic heterocycles. The third kappa shape index (κ3) is 30.3. The van der Waals surface area contributed by atoms with E-state index in [4.69, 9.17) is 5.73 Å². The van der Waals surface area contributed by atoms with E-state index < -0.39 is 0 Å². The lowest BCUT2D eigenvalue weighted by Gasteiger charge is -2.18. The second-order valence-electron chi connectivity index (χ2n) is 5.23. The summed E-state index contributed by atoms with van der Waals surface area (Å²) in [4.78, 5) is 10.5. The molecule has 0 aliphatic rings. The molecule has 0 rings (SSSR count). The molecule has 0 spiro atoms. The van der Waals surface area contributed by atoms with Crippen LogP contribution in [0.4, 0.5) is 4.79 Å². The van der Waals surface area contributed by atoms with E-state index in [1.807, 2.05) is 41.5 Å². The average Bonchev–Trinajstić information content (AvgIpc) is 1.79. The predicted molar refractivity (Wildman–Crippen MR) is 59.2 cm³/mol. The van der Waals surface area contributed by atoms with Crippen LogP contribution in [0.25, 0.3) is 0 Å². The molecule has 0 atom stereocenters. The van der Waals surface area contributed by atoms with Gasteiger partial charge < -0.3 is 15.8 Å². The van der Waals surface area contributed by atoms with Crippen molar-refractivity contribution in [3.63, 3.8) is 0 Å². The zero-order valence-electron chi connectivity index (χ0n) is 10.4.